The molecule has 4 saturated carbocycles. The second-order valence-electron chi connectivity index (χ2n) is 8.83. The number of rotatable bonds is 4. The molecule has 146 valence electrons. The monoisotopic (exact) mass is 380 g/mol. The van der Waals surface area contributed by atoms with E-state index < -0.39 is 5.97 Å². The van der Waals surface area contributed by atoms with Crippen LogP contribution in [0.5, 0.6) is 0 Å². The molecule has 0 radical (unpaired) electrons. The molecule has 1 aromatic heterocycles. The molecule has 4 bridgehead atoms. The quantitative estimate of drug-likeness (QED) is 0.824. The minimum atomic E-state index is -0.406. The number of methoxy groups -OCH3 is 1. The second kappa shape index (κ2) is 6.15. The molecule has 1 amide bonds. The lowest BCUT2D eigenvalue weighted by Crippen LogP contribution is -2.60. The summed E-state index contributed by atoms with van der Waals surface area (Å²) in [6.45, 7) is 0. The number of ether oxygens (including phenoxy) is 1. The predicted octanol–water partition coefficient (Wildman–Crippen LogP) is 3.00. The highest BCUT2D eigenvalue weighted by Crippen LogP contribution is 2.64. The van der Waals surface area contributed by atoms with Crippen LogP contribution in [0, 0.1) is 17.3 Å². The summed E-state index contributed by atoms with van der Waals surface area (Å²) < 4.78 is 6.79. The van der Waals surface area contributed by atoms with E-state index in [-0.39, 0.29) is 16.9 Å². The fraction of sp³-hybridized carbons (Fsp3) is 0.524. The number of nitrogens with zero attached hydrogens (tertiary/aromatic N) is 3. The van der Waals surface area contributed by atoms with E-state index in [0.717, 1.165) is 32.1 Å². The number of benzene rings is 1. The molecule has 1 aromatic carbocycles. The summed E-state index contributed by atoms with van der Waals surface area (Å²) in [5.74, 6) is 0.763. The Morgan fingerprint density at radius 2 is 2.00 bits per heavy atom. The maximum Gasteiger partial charge on any atom is 0.337 e. The molecular weight excluding hydrogens is 356 g/mol. The van der Waals surface area contributed by atoms with Gasteiger partial charge in [0.1, 0.15) is 12.7 Å². The molecule has 7 nitrogen and oxygen atoms in total. The van der Waals surface area contributed by atoms with Gasteiger partial charge in [0, 0.05) is 5.69 Å². The number of carbonyl (C=O) groups is 2. The van der Waals surface area contributed by atoms with Crippen LogP contribution < -0.4 is 5.32 Å². The summed E-state index contributed by atoms with van der Waals surface area (Å²) in [5, 5.41) is 7.53. The highest BCUT2D eigenvalue weighted by Gasteiger charge is 2.61. The van der Waals surface area contributed by atoms with Gasteiger partial charge in [-0.2, -0.15) is 5.10 Å². The number of carbonyl (C=O) groups excluding carboxylic acids is 2. The molecule has 4 aliphatic rings. The van der Waals surface area contributed by atoms with Gasteiger partial charge in [-0.1, -0.05) is 6.07 Å². The van der Waals surface area contributed by atoms with Crippen LogP contribution in [0.25, 0.3) is 0 Å². The van der Waals surface area contributed by atoms with Gasteiger partial charge in [-0.25, -0.2) is 14.5 Å². The number of hydrogen-bond acceptors (Lipinski definition) is 5. The van der Waals surface area contributed by atoms with E-state index >= 15 is 0 Å². The number of hydrogen-bond donors (Lipinski definition) is 1. The number of anilines is 1. The highest BCUT2D eigenvalue weighted by molar-refractivity contribution is 5.97. The zero-order valence-electron chi connectivity index (χ0n) is 15.9. The number of nitrogens with one attached hydrogen (secondary N) is 1. The maximum atomic E-state index is 13.5. The topological polar surface area (TPSA) is 86.1 Å². The van der Waals surface area contributed by atoms with Crippen molar-refractivity contribution < 1.29 is 14.3 Å². The summed E-state index contributed by atoms with van der Waals surface area (Å²) in [6, 6.07) is 6.94. The average molecular weight is 380 g/mol. The van der Waals surface area contributed by atoms with E-state index in [4.69, 9.17) is 4.74 Å². The first-order chi connectivity index (χ1) is 13.5. The van der Waals surface area contributed by atoms with Crippen molar-refractivity contribution in [1.82, 2.24) is 14.8 Å². The molecule has 4 fully saturated rings. The molecule has 1 N–H and O–H groups in total. The first-order valence-corrected chi connectivity index (χ1v) is 9.87. The molecule has 2 aromatic rings. The fourth-order valence-corrected chi connectivity index (χ4v) is 6.31. The van der Waals surface area contributed by atoms with Gasteiger partial charge in [0.05, 0.1) is 23.6 Å². The lowest BCUT2D eigenvalue weighted by Gasteiger charge is -2.60. The van der Waals surface area contributed by atoms with Gasteiger partial charge in [-0.05, 0) is 68.6 Å². The van der Waals surface area contributed by atoms with Crippen LogP contribution in [0.2, 0.25) is 0 Å². The van der Waals surface area contributed by atoms with Crippen LogP contribution in [0.1, 0.15) is 48.9 Å². The van der Waals surface area contributed by atoms with Gasteiger partial charge in [0.15, 0.2) is 0 Å². The van der Waals surface area contributed by atoms with E-state index in [1.807, 2.05) is 10.7 Å². The number of esters is 1. The predicted molar refractivity (Wildman–Crippen MR) is 102 cm³/mol. The summed E-state index contributed by atoms with van der Waals surface area (Å²) in [5.41, 5.74) is 0.603. The zero-order chi connectivity index (χ0) is 19.4. The Labute approximate surface area is 163 Å². The Kier molecular flexibility index (Phi) is 3.82. The lowest BCUT2D eigenvalue weighted by atomic mass is 9.46. The first-order valence-electron chi connectivity index (χ1n) is 9.87. The summed E-state index contributed by atoms with van der Waals surface area (Å²) in [4.78, 5) is 29.4. The minimum absolute atomic E-state index is 0.0631. The third-order valence-corrected chi connectivity index (χ3v) is 6.96. The molecule has 0 aliphatic heterocycles. The Morgan fingerprint density at radius 1 is 1.21 bits per heavy atom. The van der Waals surface area contributed by atoms with Crippen LogP contribution in [0.3, 0.4) is 0 Å². The Balaban J connectivity index is 1.43. The van der Waals surface area contributed by atoms with Crippen molar-refractivity contribution in [3.05, 3.63) is 42.5 Å². The van der Waals surface area contributed by atoms with E-state index in [0.29, 0.717) is 23.1 Å². The normalized spacial score (nSPS) is 32.9. The van der Waals surface area contributed by atoms with Crippen LogP contribution in [-0.2, 0) is 15.1 Å². The maximum absolute atomic E-state index is 13.5. The average Bonchev–Trinajstić information content (AvgIpc) is 3.22. The van der Waals surface area contributed by atoms with E-state index in [1.165, 1.54) is 13.5 Å². The smallest absolute Gasteiger partial charge is 0.337 e. The molecule has 7 heteroatoms. The highest BCUT2D eigenvalue weighted by atomic mass is 16.5. The van der Waals surface area contributed by atoms with E-state index in [9.17, 15) is 9.59 Å². The Morgan fingerprint density at radius 3 is 2.68 bits per heavy atom. The van der Waals surface area contributed by atoms with Crippen molar-refractivity contribution in [1.29, 1.82) is 0 Å². The SMILES string of the molecule is COC(=O)c1cccc(NC(=O)C23C[C@@H]4C[C@@H](C2)CC(n2cncn2)(C4)C3)c1. The van der Waals surface area contributed by atoms with Gasteiger partial charge in [-0.15, -0.1) is 0 Å². The first kappa shape index (κ1) is 17.4. The van der Waals surface area contributed by atoms with Gasteiger partial charge in [0.2, 0.25) is 5.91 Å². The molecular formula is C21H24N4O3. The van der Waals surface area contributed by atoms with Crippen LogP contribution in [-0.4, -0.2) is 33.8 Å². The van der Waals surface area contributed by atoms with Crippen molar-refractivity contribution in [3.63, 3.8) is 0 Å². The molecule has 1 heterocycles. The van der Waals surface area contributed by atoms with Crippen LogP contribution >= 0.6 is 0 Å². The molecule has 2 atom stereocenters. The van der Waals surface area contributed by atoms with Crippen molar-refractivity contribution in [2.75, 3.05) is 12.4 Å². The van der Waals surface area contributed by atoms with Gasteiger partial charge in [0.25, 0.3) is 0 Å². The summed E-state index contributed by atoms with van der Waals surface area (Å²) in [7, 11) is 1.35. The van der Waals surface area contributed by atoms with Gasteiger partial charge >= 0.3 is 5.97 Å². The fourth-order valence-electron chi connectivity index (χ4n) is 6.31. The van der Waals surface area contributed by atoms with Crippen molar-refractivity contribution >= 4 is 17.6 Å². The zero-order valence-corrected chi connectivity index (χ0v) is 15.9. The summed E-state index contributed by atoms with van der Waals surface area (Å²) >= 11 is 0. The van der Waals surface area contributed by atoms with Crippen LogP contribution in [0.15, 0.2) is 36.9 Å². The standard InChI is InChI=1S/C21H24N4O3/c1-28-18(26)16-3-2-4-17(6-16)24-19(27)20-7-14-5-15(8-20)10-21(9-14,11-20)25-13-22-12-23-25/h2-4,6,12-15H,5,7-11H2,1H3,(H,24,27)/t14-,15-,20?,21?/m0/s1. The number of amides is 1. The molecule has 0 unspecified atom stereocenters. The molecule has 0 spiro atoms. The molecule has 6 rings (SSSR count). The van der Waals surface area contributed by atoms with E-state index in [2.05, 4.69) is 15.4 Å². The van der Waals surface area contributed by atoms with Gasteiger partial charge in [-0.3, -0.25) is 4.79 Å². The lowest BCUT2D eigenvalue weighted by molar-refractivity contribution is -0.150. The third kappa shape index (κ3) is 2.64. The van der Waals surface area contributed by atoms with Gasteiger partial charge < -0.3 is 10.1 Å². The Bertz CT molecular complexity index is 909. The minimum Gasteiger partial charge on any atom is -0.465 e. The van der Waals surface area contributed by atoms with Crippen molar-refractivity contribution in [2.24, 2.45) is 17.3 Å². The third-order valence-electron chi connectivity index (χ3n) is 6.96. The molecule has 4 aliphatic carbocycles. The largest absolute Gasteiger partial charge is 0.465 e. The van der Waals surface area contributed by atoms with Crippen molar-refractivity contribution in [3.8, 4) is 0 Å². The molecule has 0 saturated heterocycles. The molecule has 28 heavy (non-hydrogen) atoms. The Hall–Kier alpha value is -2.70. The van der Waals surface area contributed by atoms with Crippen molar-refractivity contribution in [2.45, 2.75) is 44.1 Å². The summed E-state index contributed by atoms with van der Waals surface area (Å²) in [6.07, 6.45) is 9.44. The van der Waals surface area contributed by atoms with E-state index in [1.54, 1.807) is 30.9 Å². The van der Waals surface area contributed by atoms with Crippen LogP contribution in [0.4, 0.5) is 5.69 Å². The number of aromatic nitrogens is 3. The second-order valence-corrected chi connectivity index (χ2v) is 8.83.